The molecule has 5 nitrogen and oxygen atoms in total. The van der Waals surface area contributed by atoms with Crippen molar-refractivity contribution in [1.29, 1.82) is 0 Å². The summed E-state index contributed by atoms with van der Waals surface area (Å²) in [6, 6.07) is 14.5. The zero-order valence-electron chi connectivity index (χ0n) is 15.6. The molecule has 0 fully saturated rings. The van der Waals surface area contributed by atoms with Gasteiger partial charge in [0.25, 0.3) is 5.91 Å². The van der Waals surface area contributed by atoms with Crippen LogP contribution in [0.3, 0.4) is 0 Å². The molecule has 6 heteroatoms. The summed E-state index contributed by atoms with van der Waals surface area (Å²) in [6.07, 6.45) is 1.93. The van der Waals surface area contributed by atoms with Gasteiger partial charge in [-0.3, -0.25) is 9.48 Å². The van der Waals surface area contributed by atoms with Crippen molar-refractivity contribution >= 4 is 17.5 Å². The Bertz CT molecular complexity index is 952. The maximum absolute atomic E-state index is 12.6. The Hall–Kier alpha value is -2.79. The quantitative estimate of drug-likeness (QED) is 0.684. The van der Waals surface area contributed by atoms with Crippen molar-refractivity contribution in [3.63, 3.8) is 0 Å². The van der Waals surface area contributed by atoms with E-state index in [1.54, 1.807) is 22.9 Å². The number of carbonyl (C=O) groups excluding carboxylic acids is 1. The summed E-state index contributed by atoms with van der Waals surface area (Å²) >= 11 is 5.97. The lowest BCUT2D eigenvalue weighted by Crippen LogP contribution is -2.27. The molecule has 0 aliphatic heterocycles. The zero-order valence-corrected chi connectivity index (χ0v) is 16.3. The van der Waals surface area contributed by atoms with Crippen molar-refractivity contribution in [2.75, 3.05) is 0 Å². The largest absolute Gasteiger partial charge is 0.489 e. The maximum Gasteiger partial charge on any atom is 0.251 e. The normalized spacial score (nSPS) is 11.9. The van der Waals surface area contributed by atoms with Crippen LogP contribution in [0, 0.1) is 6.92 Å². The Morgan fingerprint density at radius 3 is 2.74 bits per heavy atom. The Labute approximate surface area is 163 Å². The molecule has 3 aromatic rings. The third-order valence-corrected chi connectivity index (χ3v) is 4.49. The van der Waals surface area contributed by atoms with Crippen LogP contribution < -0.4 is 10.1 Å². The van der Waals surface area contributed by atoms with Crippen LogP contribution in [-0.4, -0.2) is 15.7 Å². The van der Waals surface area contributed by atoms with Gasteiger partial charge in [0, 0.05) is 29.4 Å². The van der Waals surface area contributed by atoms with E-state index in [-0.39, 0.29) is 11.9 Å². The van der Waals surface area contributed by atoms with Crippen LogP contribution in [0.2, 0.25) is 5.02 Å². The summed E-state index contributed by atoms with van der Waals surface area (Å²) in [7, 11) is 1.87. The topological polar surface area (TPSA) is 56.2 Å². The summed E-state index contributed by atoms with van der Waals surface area (Å²) in [5.74, 6) is 0.563. The molecule has 1 unspecified atom stereocenters. The average Bonchev–Trinajstić information content (AvgIpc) is 2.98. The van der Waals surface area contributed by atoms with Gasteiger partial charge in [0.15, 0.2) is 0 Å². The molecule has 2 aromatic carbocycles. The second kappa shape index (κ2) is 8.27. The van der Waals surface area contributed by atoms with Gasteiger partial charge < -0.3 is 10.1 Å². The first-order valence-corrected chi connectivity index (χ1v) is 9.08. The molecule has 0 spiro atoms. The minimum atomic E-state index is -0.129. The van der Waals surface area contributed by atoms with Gasteiger partial charge in [0.05, 0.1) is 11.7 Å². The Balaban J connectivity index is 1.65. The van der Waals surface area contributed by atoms with E-state index in [0.29, 0.717) is 22.9 Å². The van der Waals surface area contributed by atoms with Gasteiger partial charge in [-0.05, 0) is 49.7 Å². The second-order valence-corrected chi connectivity index (χ2v) is 6.92. The van der Waals surface area contributed by atoms with Gasteiger partial charge in [-0.1, -0.05) is 29.8 Å². The minimum absolute atomic E-state index is 0.127. The van der Waals surface area contributed by atoms with E-state index in [4.69, 9.17) is 16.3 Å². The van der Waals surface area contributed by atoms with Crippen LogP contribution in [0.5, 0.6) is 5.75 Å². The highest BCUT2D eigenvalue weighted by molar-refractivity contribution is 6.30. The highest BCUT2D eigenvalue weighted by Gasteiger charge is 2.15. The Morgan fingerprint density at radius 1 is 1.26 bits per heavy atom. The van der Waals surface area contributed by atoms with Gasteiger partial charge in [-0.15, -0.1) is 0 Å². The number of rotatable bonds is 6. The van der Waals surface area contributed by atoms with Gasteiger partial charge in [0.2, 0.25) is 0 Å². The number of amides is 1. The maximum atomic E-state index is 12.6. The fourth-order valence-corrected chi connectivity index (χ4v) is 3.11. The van der Waals surface area contributed by atoms with E-state index in [1.165, 1.54) is 0 Å². The van der Waals surface area contributed by atoms with Crippen molar-refractivity contribution in [2.45, 2.75) is 26.5 Å². The summed E-state index contributed by atoms with van der Waals surface area (Å²) in [5.41, 5.74) is 3.42. The molecule has 140 valence electrons. The van der Waals surface area contributed by atoms with Gasteiger partial charge >= 0.3 is 0 Å². The van der Waals surface area contributed by atoms with Gasteiger partial charge in [0.1, 0.15) is 12.4 Å². The molecule has 0 radical (unpaired) electrons. The highest BCUT2D eigenvalue weighted by atomic mass is 35.5. The van der Waals surface area contributed by atoms with Crippen molar-refractivity contribution in [3.8, 4) is 5.75 Å². The number of halogens is 1. The fourth-order valence-electron chi connectivity index (χ4n) is 2.93. The molecule has 0 aliphatic rings. The predicted octanol–water partition coefficient (Wildman–Crippen LogP) is 4.45. The Morgan fingerprint density at radius 2 is 2.04 bits per heavy atom. The standard InChI is InChI=1S/C21H22ClN3O2/c1-14(20-12-25(3)24-15(20)2)23-21(26)17-7-4-6-16(10-17)13-27-19-9-5-8-18(22)11-19/h4-12,14H,13H2,1-3H3,(H,23,26). The fraction of sp³-hybridized carbons (Fsp3) is 0.238. The lowest BCUT2D eigenvalue weighted by molar-refractivity contribution is 0.0939. The first kappa shape index (κ1) is 19.0. The summed E-state index contributed by atoms with van der Waals surface area (Å²) in [4.78, 5) is 12.6. The van der Waals surface area contributed by atoms with E-state index in [9.17, 15) is 4.79 Å². The minimum Gasteiger partial charge on any atom is -0.489 e. The first-order chi connectivity index (χ1) is 12.9. The van der Waals surface area contributed by atoms with E-state index in [0.717, 1.165) is 16.8 Å². The molecular weight excluding hydrogens is 362 g/mol. The average molecular weight is 384 g/mol. The van der Waals surface area contributed by atoms with Crippen LogP contribution in [-0.2, 0) is 13.7 Å². The van der Waals surface area contributed by atoms with Crippen molar-refractivity contribution in [1.82, 2.24) is 15.1 Å². The highest BCUT2D eigenvalue weighted by Crippen LogP contribution is 2.19. The summed E-state index contributed by atoms with van der Waals surface area (Å²) in [5, 5.41) is 7.97. The van der Waals surface area contributed by atoms with Crippen LogP contribution in [0.25, 0.3) is 0 Å². The van der Waals surface area contributed by atoms with Crippen molar-refractivity contribution < 1.29 is 9.53 Å². The molecule has 1 amide bonds. The predicted molar refractivity (Wildman–Crippen MR) is 106 cm³/mol. The van der Waals surface area contributed by atoms with Crippen LogP contribution in [0.15, 0.2) is 54.7 Å². The third-order valence-electron chi connectivity index (χ3n) is 4.26. The molecule has 1 heterocycles. The number of hydrogen-bond donors (Lipinski definition) is 1. The van der Waals surface area contributed by atoms with E-state index >= 15 is 0 Å². The summed E-state index contributed by atoms with van der Waals surface area (Å²) < 4.78 is 7.50. The number of benzene rings is 2. The number of aromatic nitrogens is 2. The van der Waals surface area contributed by atoms with Gasteiger partial charge in [-0.25, -0.2) is 0 Å². The van der Waals surface area contributed by atoms with Gasteiger partial charge in [-0.2, -0.15) is 5.10 Å². The Kier molecular flexibility index (Phi) is 5.81. The van der Waals surface area contributed by atoms with Crippen molar-refractivity contribution in [3.05, 3.63) is 82.1 Å². The van der Waals surface area contributed by atoms with Crippen LogP contribution in [0.4, 0.5) is 0 Å². The monoisotopic (exact) mass is 383 g/mol. The lowest BCUT2D eigenvalue weighted by atomic mass is 10.1. The molecular formula is C21H22ClN3O2. The molecule has 0 aliphatic carbocycles. The van der Waals surface area contributed by atoms with E-state index in [2.05, 4.69) is 10.4 Å². The molecule has 1 atom stereocenters. The van der Waals surface area contributed by atoms with Crippen molar-refractivity contribution in [2.24, 2.45) is 7.05 Å². The lowest BCUT2D eigenvalue weighted by Gasteiger charge is -2.14. The number of carbonyl (C=O) groups is 1. The molecule has 1 N–H and O–H groups in total. The molecule has 0 saturated heterocycles. The number of ether oxygens (including phenoxy) is 1. The molecule has 0 saturated carbocycles. The number of nitrogens with one attached hydrogen (secondary N) is 1. The molecule has 27 heavy (non-hydrogen) atoms. The third kappa shape index (κ3) is 4.89. The van der Waals surface area contributed by atoms with Crippen LogP contribution in [0.1, 0.15) is 40.1 Å². The second-order valence-electron chi connectivity index (χ2n) is 6.49. The van der Waals surface area contributed by atoms with Crippen LogP contribution >= 0.6 is 11.6 Å². The number of nitrogens with zero attached hydrogens (tertiary/aromatic N) is 2. The number of aryl methyl sites for hydroxylation is 2. The molecule has 3 rings (SSSR count). The van der Waals surface area contributed by atoms with E-state index < -0.39 is 0 Å². The molecule has 0 bridgehead atoms. The smallest absolute Gasteiger partial charge is 0.251 e. The molecule has 1 aromatic heterocycles. The first-order valence-electron chi connectivity index (χ1n) is 8.70. The summed E-state index contributed by atoms with van der Waals surface area (Å²) in [6.45, 7) is 4.25. The number of hydrogen-bond acceptors (Lipinski definition) is 3. The zero-order chi connectivity index (χ0) is 19.4. The van der Waals surface area contributed by atoms with E-state index in [1.807, 2.05) is 57.4 Å². The SMILES string of the molecule is Cc1nn(C)cc1C(C)NC(=O)c1cccc(COc2cccc(Cl)c2)c1.